The van der Waals surface area contributed by atoms with Crippen LogP contribution < -0.4 is 0 Å². The maximum Gasteiger partial charge on any atom is 0.0288 e. The summed E-state index contributed by atoms with van der Waals surface area (Å²) >= 11 is 0. The van der Waals surface area contributed by atoms with Crippen molar-refractivity contribution >= 4 is 21.6 Å². The molecule has 0 aliphatic rings. The summed E-state index contributed by atoms with van der Waals surface area (Å²) in [7, 11) is 3.90. The summed E-state index contributed by atoms with van der Waals surface area (Å²) in [6.07, 6.45) is 1.16. The standard InChI is InChI=1S/C15H16S2/c1-3-7-14(8-4-1)11-12-16-17-13-15-9-5-2-6-10-15/h1-10H,11-13H2. The van der Waals surface area contributed by atoms with E-state index in [1.54, 1.807) is 0 Å². The molecule has 0 saturated carbocycles. The number of hydrogen-bond acceptors (Lipinski definition) is 2. The van der Waals surface area contributed by atoms with Crippen molar-refractivity contribution in [3.05, 3.63) is 71.8 Å². The second-order valence-corrected chi connectivity index (χ2v) is 6.39. The van der Waals surface area contributed by atoms with Gasteiger partial charge < -0.3 is 0 Å². The molecule has 0 aromatic heterocycles. The van der Waals surface area contributed by atoms with Crippen LogP contribution in [0.3, 0.4) is 0 Å². The summed E-state index contributed by atoms with van der Waals surface area (Å²) in [6.45, 7) is 0. The predicted molar refractivity (Wildman–Crippen MR) is 80.3 cm³/mol. The molecule has 2 aromatic carbocycles. The summed E-state index contributed by atoms with van der Waals surface area (Å²) in [5.41, 5.74) is 2.84. The van der Waals surface area contributed by atoms with Crippen LogP contribution in [0.1, 0.15) is 11.1 Å². The van der Waals surface area contributed by atoms with Crippen LogP contribution in [0.15, 0.2) is 60.7 Å². The third-order valence-corrected chi connectivity index (χ3v) is 4.81. The highest BCUT2D eigenvalue weighted by Gasteiger charge is 1.95. The highest BCUT2D eigenvalue weighted by atomic mass is 33.1. The topological polar surface area (TPSA) is 0 Å². The van der Waals surface area contributed by atoms with Gasteiger partial charge in [0.2, 0.25) is 0 Å². The number of benzene rings is 2. The van der Waals surface area contributed by atoms with Crippen LogP contribution in [0.25, 0.3) is 0 Å². The van der Waals surface area contributed by atoms with Gasteiger partial charge in [0.1, 0.15) is 0 Å². The van der Waals surface area contributed by atoms with Crippen molar-refractivity contribution in [1.82, 2.24) is 0 Å². The van der Waals surface area contributed by atoms with E-state index in [0.717, 1.165) is 12.2 Å². The molecular weight excluding hydrogens is 244 g/mol. The van der Waals surface area contributed by atoms with Crippen LogP contribution in [0, 0.1) is 0 Å². The lowest BCUT2D eigenvalue weighted by Gasteiger charge is -2.02. The highest BCUT2D eigenvalue weighted by molar-refractivity contribution is 8.76. The van der Waals surface area contributed by atoms with Crippen molar-refractivity contribution in [1.29, 1.82) is 0 Å². The molecule has 0 aliphatic heterocycles. The van der Waals surface area contributed by atoms with Gasteiger partial charge in [-0.05, 0) is 17.5 Å². The van der Waals surface area contributed by atoms with E-state index < -0.39 is 0 Å². The van der Waals surface area contributed by atoms with Gasteiger partial charge in [0, 0.05) is 11.5 Å². The molecule has 0 bridgehead atoms. The minimum atomic E-state index is 1.10. The van der Waals surface area contributed by atoms with E-state index in [0.29, 0.717) is 0 Å². The molecule has 0 nitrogen and oxygen atoms in total. The Morgan fingerprint density at radius 3 is 1.88 bits per heavy atom. The van der Waals surface area contributed by atoms with Crippen LogP contribution in [0.4, 0.5) is 0 Å². The summed E-state index contributed by atoms with van der Waals surface area (Å²) in [5.74, 6) is 2.28. The predicted octanol–water partition coefficient (Wildman–Crippen LogP) is 4.81. The van der Waals surface area contributed by atoms with Gasteiger partial charge in [-0.2, -0.15) is 0 Å². The Morgan fingerprint density at radius 2 is 1.24 bits per heavy atom. The van der Waals surface area contributed by atoms with Gasteiger partial charge in [0.05, 0.1) is 0 Å². The molecule has 0 unspecified atom stereocenters. The second kappa shape index (κ2) is 7.46. The van der Waals surface area contributed by atoms with Gasteiger partial charge in [-0.25, -0.2) is 0 Å². The first-order chi connectivity index (χ1) is 8.45. The molecule has 0 heterocycles. The lowest BCUT2D eigenvalue weighted by molar-refractivity contribution is 1.16. The maximum atomic E-state index is 2.20. The highest BCUT2D eigenvalue weighted by Crippen LogP contribution is 2.26. The molecule has 0 N–H and O–H groups in total. The first-order valence-electron chi connectivity index (χ1n) is 5.77. The van der Waals surface area contributed by atoms with Crippen LogP contribution in [-0.2, 0) is 12.2 Å². The Kier molecular flexibility index (Phi) is 5.53. The third kappa shape index (κ3) is 4.88. The fourth-order valence-electron chi connectivity index (χ4n) is 1.55. The van der Waals surface area contributed by atoms with E-state index in [1.807, 2.05) is 21.6 Å². The molecule has 0 amide bonds. The Hall–Kier alpha value is -0.860. The number of aryl methyl sites for hydroxylation is 1. The minimum absolute atomic E-state index is 1.10. The van der Waals surface area contributed by atoms with E-state index in [4.69, 9.17) is 0 Å². The van der Waals surface area contributed by atoms with Gasteiger partial charge >= 0.3 is 0 Å². The smallest absolute Gasteiger partial charge is 0.0288 e. The van der Waals surface area contributed by atoms with Crippen molar-refractivity contribution in [2.24, 2.45) is 0 Å². The van der Waals surface area contributed by atoms with Gasteiger partial charge in [0.15, 0.2) is 0 Å². The summed E-state index contributed by atoms with van der Waals surface area (Å²) in [5, 5.41) is 0. The maximum absolute atomic E-state index is 2.20. The average Bonchev–Trinajstić information content (AvgIpc) is 2.41. The van der Waals surface area contributed by atoms with Crippen molar-refractivity contribution in [3.8, 4) is 0 Å². The second-order valence-electron chi connectivity index (χ2n) is 3.81. The molecule has 2 heteroatoms. The fourth-order valence-corrected chi connectivity index (χ4v) is 3.66. The van der Waals surface area contributed by atoms with Gasteiger partial charge in [-0.15, -0.1) is 0 Å². The Morgan fingerprint density at radius 1 is 0.647 bits per heavy atom. The molecule has 0 atom stereocenters. The monoisotopic (exact) mass is 260 g/mol. The Balaban J connectivity index is 1.61. The van der Waals surface area contributed by atoms with Crippen LogP contribution >= 0.6 is 21.6 Å². The van der Waals surface area contributed by atoms with Crippen molar-refractivity contribution < 1.29 is 0 Å². The Bertz CT molecular complexity index is 370. The van der Waals surface area contributed by atoms with Crippen molar-refractivity contribution in [2.45, 2.75) is 12.2 Å². The van der Waals surface area contributed by atoms with Crippen molar-refractivity contribution in [2.75, 3.05) is 5.75 Å². The SMILES string of the molecule is c1ccc(CCSSCc2ccccc2)cc1. The average molecular weight is 260 g/mol. The summed E-state index contributed by atoms with van der Waals surface area (Å²) < 4.78 is 0. The number of rotatable bonds is 6. The van der Waals surface area contributed by atoms with Crippen LogP contribution in [0.2, 0.25) is 0 Å². The summed E-state index contributed by atoms with van der Waals surface area (Å²) in [6, 6.07) is 21.3. The molecule has 0 fully saturated rings. The zero-order valence-electron chi connectivity index (χ0n) is 9.71. The third-order valence-electron chi connectivity index (χ3n) is 2.47. The first-order valence-corrected chi connectivity index (χ1v) is 8.26. The first kappa shape index (κ1) is 12.6. The zero-order chi connectivity index (χ0) is 11.8. The molecule has 0 saturated heterocycles. The molecular formula is C15H16S2. The largest absolute Gasteiger partial charge is 0.0935 e. The molecule has 0 aliphatic carbocycles. The zero-order valence-corrected chi connectivity index (χ0v) is 11.3. The van der Waals surface area contributed by atoms with Gasteiger partial charge in [-0.3, -0.25) is 0 Å². The van der Waals surface area contributed by atoms with E-state index in [1.165, 1.54) is 16.9 Å². The van der Waals surface area contributed by atoms with Crippen LogP contribution in [-0.4, -0.2) is 5.75 Å². The van der Waals surface area contributed by atoms with E-state index in [9.17, 15) is 0 Å². The fraction of sp³-hybridized carbons (Fsp3) is 0.200. The van der Waals surface area contributed by atoms with Gasteiger partial charge in [0.25, 0.3) is 0 Å². The molecule has 0 spiro atoms. The molecule has 0 radical (unpaired) electrons. The van der Waals surface area contributed by atoms with Crippen molar-refractivity contribution in [3.63, 3.8) is 0 Å². The van der Waals surface area contributed by atoms with Crippen LogP contribution in [0.5, 0.6) is 0 Å². The molecule has 17 heavy (non-hydrogen) atoms. The van der Waals surface area contributed by atoms with E-state index >= 15 is 0 Å². The van der Waals surface area contributed by atoms with Gasteiger partial charge in [-0.1, -0.05) is 82.3 Å². The quantitative estimate of drug-likeness (QED) is 0.540. The molecule has 2 rings (SSSR count). The number of hydrogen-bond donors (Lipinski definition) is 0. The molecule has 88 valence electrons. The normalized spacial score (nSPS) is 10.4. The molecule has 2 aromatic rings. The Labute approximate surface area is 111 Å². The van der Waals surface area contributed by atoms with E-state index in [-0.39, 0.29) is 0 Å². The minimum Gasteiger partial charge on any atom is -0.0935 e. The lowest BCUT2D eigenvalue weighted by atomic mass is 10.2. The summed E-state index contributed by atoms with van der Waals surface area (Å²) in [4.78, 5) is 0. The van der Waals surface area contributed by atoms with E-state index in [2.05, 4.69) is 60.7 Å². The lowest BCUT2D eigenvalue weighted by Crippen LogP contribution is -1.86.